The monoisotopic (exact) mass is 245 g/mol. The fourth-order valence-corrected chi connectivity index (χ4v) is 2.17. The molecule has 1 aliphatic carbocycles. The van der Waals surface area contributed by atoms with Crippen LogP contribution in [0.25, 0.3) is 0 Å². The van der Waals surface area contributed by atoms with Crippen LogP contribution in [-0.2, 0) is 4.74 Å². The van der Waals surface area contributed by atoms with Crippen LogP contribution in [0.4, 0.5) is 0 Å². The lowest BCUT2D eigenvalue weighted by atomic mass is 9.87. The predicted molar refractivity (Wildman–Crippen MR) is 67.9 cm³/mol. The first-order valence-electron chi connectivity index (χ1n) is 6.76. The van der Waals surface area contributed by atoms with Crippen LogP contribution >= 0.6 is 0 Å². The van der Waals surface area contributed by atoms with Crippen molar-refractivity contribution in [2.45, 2.75) is 57.8 Å². The van der Waals surface area contributed by atoms with Gasteiger partial charge < -0.3 is 20.3 Å². The van der Waals surface area contributed by atoms with E-state index in [-0.39, 0.29) is 12.2 Å². The maximum atomic E-state index is 9.64. The molecule has 0 bridgehead atoms. The number of hydrogen-bond donors (Lipinski definition) is 3. The minimum atomic E-state index is -0.424. The first kappa shape index (κ1) is 14.9. The lowest BCUT2D eigenvalue weighted by molar-refractivity contribution is 0.00579. The van der Waals surface area contributed by atoms with Gasteiger partial charge in [-0.05, 0) is 52.0 Å². The third-order valence-corrected chi connectivity index (χ3v) is 3.25. The predicted octanol–water partition coefficient (Wildman–Crippen LogP) is 0.913. The molecular formula is C13H27NO3. The Morgan fingerprint density at radius 2 is 1.88 bits per heavy atom. The van der Waals surface area contributed by atoms with Gasteiger partial charge in [0, 0.05) is 6.54 Å². The summed E-state index contributed by atoms with van der Waals surface area (Å²) in [6, 6.07) is 0. The molecule has 1 unspecified atom stereocenters. The molecule has 102 valence electrons. The maximum Gasteiger partial charge on any atom is 0.0897 e. The molecule has 1 atom stereocenters. The summed E-state index contributed by atoms with van der Waals surface area (Å²) in [6.07, 6.45) is 3.68. The Morgan fingerprint density at radius 3 is 2.47 bits per heavy atom. The zero-order chi connectivity index (χ0) is 12.7. The Bertz CT molecular complexity index is 191. The molecule has 3 N–H and O–H groups in total. The smallest absolute Gasteiger partial charge is 0.0897 e. The van der Waals surface area contributed by atoms with Crippen LogP contribution in [0.3, 0.4) is 0 Å². The van der Waals surface area contributed by atoms with E-state index < -0.39 is 6.10 Å². The lowest BCUT2D eigenvalue weighted by Gasteiger charge is -2.26. The topological polar surface area (TPSA) is 61.7 Å². The van der Waals surface area contributed by atoms with Crippen LogP contribution in [0.2, 0.25) is 0 Å². The minimum Gasteiger partial charge on any atom is -0.393 e. The highest BCUT2D eigenvalue weighted by atomic mass is 16.5. The van der Waals surface area contributed by atoms with Crippen molar-refractivity contribution in [1.29, 1.82) is 0 Å². The zero-order valence-electron chi connectivity index (χ0n) is 11.1. The van der Waals surface area contributed by atoms with Crippen molar-refractivity contribution >= 4 is 0 Å². The van der Waals surface area contributed by atoms with Gasteiger partial charge in [-0.3, -0.25) is 0 Å². The van der Waals surface area contributed by atoms with Crippen LogP contribution in [0.1, 0.15) is 39.5 Å². The molecule has 0 saturated heterocycles. The van der Waals surface area contributed by atoms with Gasteiger partial charge >= 0.3 is 0 Å². The van der Waals surface area contributed by atoms with Gasteiger partial charge in [0.05, 0.1) is 24.9 Å². The molecule has 0 spiro atoms. The maximum absolute atomic E-state index is 9.64. The molecular weight excluding hydrogens is 218 g/mol. The highest BCUT2D eigenvalue weighted by Gasteiger charge is 2.19. The third kappa shape index (κ3) is 6.99. The van der Waals surface area contributed by atoms with Crippen molar-refractivity contribution in [1.82, 2.24) is 5.32 Å². The van der Waals surface area contributed by atoms with Gasteiger partial charge in [0.15, 0.2) is 0 Å². The van der Waals surface area contributed by atoms with E-state index in [0.717, 1.165) is 32.2 Å². The molecule has 0 aromatic rings. The summed E-state index contributed by atoms with van der Waals surface area (Å²) in [7, 11) is 0. The summed E-state index contributed by atoms with van der Waals surface area (Å²) in [5.74, 6) is 0.650. The average Bonchev–Trinajstić information content (AvgIpc) is 2.29. The molecule has 0 aliphatic heterocycles. The Hall–Kier alpha value is -0.160. The number of hydrogen-bond acceptors (Lipinski definition) is 4. The van der Waals surface area contributed by atoms with E-state index in [1.165, 1.54) is 0 Å². The Morgan fingerprint density at radius 1 is 1.24 bits per heavy atom. The SMILES string of the molecule is CC(C)OCC(O)CNCC1CCC(O)CC1. The molecule has 0 aromatic heterocycles. The van der Waals surface area contributed by atoms with Gasteiger partial charge in [0.2, 0.25) is 0 Å². The first-order valence-corrected chi connectivity index (χ1v) is 6.76. The molecule has 4 heteroatoms. The minimum absolute atomic E-state index is 0.0868. The van der Waals surface area contributed by atoms with E-state index in [1.807, 2.05) is 13.8 Å². The van der Waals surface area contributed by atoms with Gasteiger partial charge in [0.1, 0.15) is 0 Å². The summed E-state index contributed by atoms with van der Waals surface area (Å²) in [4.78, 5) is 0. The molecule has 17 heavy (non-hydrogen) atoms. The standard InChI is InChI=1S/C13H27NO3/c1-10(2)17-9-13(16)8-14-7-11-3-5-12(15)6-4-11/h10-16H,3-9H2,1-2H3. The lowest BCUT2D eigenvalue weighted by Crippen LogP contribution is -2.35. The Kier molecular flexibility index (Phi) is 7.04. The zero-order valence-corrected chi connectivity index (χ0v) is 11.1. The van der Waals surface area contributed by atoms with E-state index in [9.17, 15) is 10.2 Å². The van der Waals surface area contributed by atoms with Crippen LogP contribution in [0.5, 0.6) is 0 Å². The molecule has 1 fully saturated rings. The molecule has 0 aromatic carbocycles. The van der Waals surface area contributed by atoms with Gasteiger partial charge in [-0.25, -0.2) is 0 Å². The van der Waals surface area contributed by atoms with E-state index >= 15 is 0 Å². The van der Waals surface area contributed by atoms with Crippen LogP contribution in [0, 0.1) is 5.92 Å². The second-order valence-electron chi connectivity index (χ2n) is 5.37. The van der Waals surface area contributed by atoms with E-state index in [2.05, 4.69) is 5.32 Å². The second kappa shape index (κ2) is 8.03. The van der Waals surface area contributed by atoms with E-state index in [0.29, 0.717) is 19.1 Å². The van der Waals surface area contributed by atoms with Gasteiger partial charge in [-0.15, -0.1) is 0 Å². The molecule has 1 aliphatic rings. The van der Waals surface area contributed by atoms with Crippen LogP contribution in [0.15, 0.2) is 0 Å². The summed E-state index contributed by atoms with van der Waals surface area (Å²) < 4.78 is 5.34. The largest absolute Gasteiger partial charge is 0.393 e. The van der Waals surface area contributed by atoms with Gasteiger partial charge in [-0.2, -0.15) is 0 Å². The molecule has 1 saturated carbocycles. The summed E-state index contributed by atoms with van der Waals surface area (Å²) >= 11 is 0. The fraction of sp³-hybridized carbons (Fsp3) is 1.00. The van der Waals surface area contributed by atoms with E-state index in [1.54, 1.807) is 0 Å². The number of aliphatic hydroxyl groups excluding tert-OH is 2. The summed E-state index contributed by atoms with van der Waals surface area (Å²) in [5.41, 5.74) is 0. The summed E-state index contributed by atoms with van der Waals surface area (Å²) in [6.45, 7) is 5.85. The molecule has 0 amide bonds. The Balaban J connectivity index is 1.99. The first-order chi connectivity index (χ1) is 8.08. The molecule has 1 rings (SSSR count). The van der Waals surface area contributed by atoms with Gasteiger partial charge in [0.25, 0.3) is 0 Å². The molecule has 0 heterocycles. The van der Waals surface area contributed by atoms with Gasteiger partial charge in [-0.1, -0.05) is 0 Å². The number of nitrogens with one attached hydrogen (secondary N) is 1. The van der Waals surface area contributed by atoms with Crippen molar-refractivity contribution in [3.63, 3.8) is 0 Å². The molecule has 0 radical (unpaired) electrons. The highest BCUT2D eigenvalue weighted by molar-refractivity contribution is 4.73. The second-order valence-corrected chi connectivity index (χ2v) is 5.37. The summed E-state index contributed by atoms with van der Waals surface area (Å²) in [5, 5.41) is 22.3. The quantitative estimate of drug-likeness (QED) is 0.624. The number of rotatable bonds is 7. The van der Waals surface area contributed by atoms with Crippen molar-refractivity contribution in [2.24, 2.45) is 5.92 Å². The van der Waals surface area contributed by atoms with Crippen LogP contribution in [-0.4, -0.2) is 48.2 Å². The normalized spacial score (nSPS) is 27.4. The van der Waals surface area contributed by atoms with Crippen molar-refractivity contribution in [3.8, 4) is 0 Å². The Labute approximate surface area is 104 Å². The molecule has 4 nitrogen and oxygen atoms in total. The fourth-order valence-electron chi connectivity index (χ4n) is 2.17. The third-order valence-electron chi connectivity index (χ3n) is 3.25. The van der Waals surface area contributed by atoms with Crippen molar-refractivity contribution < 1.29 is 14.9 Å². The number of ether oxygens (including phenoxy) is 1. The van der Waals surface area contributed by atoms with E-state index in [4.69, 9.17) is 4.74 Å². The number of aliphatic hydroxyl groups is 2. The average molecular weight is 245 g/mol. The van der Waals surface area contributed by atoms with Crippen molar-refractivity contribution in [3.05, 3.63) is 0 Å². The van der Waals surface area contributed by atoms with Crippen LogP contribution < -0.4 is 5.32 Å². The highest BCUT2D eigenvalue weighted by Crippen LogP contribution is 2.23. The van der Waals surface area contributed by atoms with Crippen molar-refractivity contribution in [2.75, 3.05) is 19.7 Å².